The summed E-state index contributed by atoms with van der Waals surface area (Å²) in [5.74, 6) is 0. The third-order valence-electron chi connectivity index (χ3n) is 0. The zero-order chi connectivity index (χ0) is 10.7. The molecule has 0 aromatic rings. The summed E-state index contributed by atoms with van der Waals surface area (Å²) in [6.45, 7) is 0. The van der Waals surface area contributed by atoms with Crippen molar-refractivity contribution in [3.05, 3.63) is 0 Å². The van der Waals surface area contributed by atoms with Crippen LogP contribution >= 0.6 is 0 Å². The third-order valence-corrected chi connectivity index (χ3v) is 0. The fourth-order valence-electron chi connectivity index (χ4n) is 0. The molecular weight excluding hydrogens is 279 g/mol. The van der Waals surface area contributed by atoms with E-state index in [0.29, 0.717) is 0 Å². The minimum atomic E-state index is -2.86. The molecule has 0 saturated carbocycles. The molecule has 0 amide bonds. The fourth-order valence-corrected chi connectivity index (χ4v) is 0. The van der Waals surface area contributed by atoms with Crippen LogP contribution in [0.3, 0.4) is 0 Å². The van der Waals surface area contributed by atoms with Gasteiger partial charge in [-0.2, -0.15) is 8.42 Å². The molecule has 14 heteroatoms. The van der Waals surface area contributed by atoms with Gasteiger partial charge < -0.3 is 14.6 Å². The Morgan fingerprint density at radius 2 is 0.786 bits per heavy atom. The molecule has 0 saturated heterocycles. The van der Waals surface area contributed by atoms with Crippen molar-refractivity contribution in [2.75, 3.05) is 0 Å². The SMILES string of the molecule is O.O=S(O)O.O=S(O)O.O=S([O-])O.[Na+]. The van der Waals surface area contributed by atoms with E-state index in [1.807, 2.05) is 0 Å². The smallest absolute Gasteiger partial charge is 0.750 e. The maximum Gasteiger partial charge on any atom is 1.00 e. The molecule has 0 heterocycles. The largest absolute Gasteiger partial charge is 1.00 e. The van der Waals surface area contributed by atoms with E-state index in [0.717, 1.165) is 0 Å². The van der Waals surface area contributed by atoms with Crippen LogP contribution in [0.1, 0.15) is 0 Å². The Morgan fingerprint density at radius 1 is 0.786 bits per heavy atom. The fraction of sp³-hybridized carbons (Fsp3) is 0. The first-order chi connectivity index (χ1) is 5.20. The van der Waals surface area contributed by atoms with E-state index in [9.17, 15) is 0 Å². The van der Waals surface area contributed by atoms with E-state index in [-0.39, 0.29) is 35.0 Å². The van der Waals surface area contributed by atoms with Gasteiger partial charge in [0.15, 0.2) is 0 Å². The van der Waals surface area contributed by atoms with Crippen molar-refractivity contribution in [2.24, 2.45) is 0 Å². The average Bonchev–Trinajstić information content (AvgIpc) is 1.54. The van der Waals surface area contributed by atoms with Gasteiger partial charge in [0, 0.05) is 0 Å². The van der Waals surface area contributed by atoms with E-state index >= 15 is 0 Å². The Kier molecular flexibility index (Phi) is 50.0. The normalized spacial score (nSPS) is 9.43. The number of hydrogen-bond donors (Lipinski definition) is 5. The van der Waals surface area contributed by atoms with Gasteiger partial charge in [0.2, 0.25) is 0 Å². The zero-order valence-electron chi connectivity index (χ0n) is 6.59. The van der Waals surface area contributed by atoms with Gasteiger partial charge >= 0.3 is 29.6 Å². The molecule has 0 aliphatic carbocycles. The molecule has 10 nitrogen and oxygen atoms in total. The molecule has 0 aromatic heterocycles. The van der Waals surface area contributed by atoms with Gasteiger partial charge in [-0.1, -0.05) is 0 Å². The Labute approximate surface area is 108 Å². The first-order valence-electron chi connectivity index (χ1n) is 1.58. The molecule has 86 valence electrons. The Morgan fingerprint density at radius 3 is 0.786 bits per heavy atom. The molecule has 0 aromatic carbocycles. The topological polar surface area (TPSA) is 207 Å². The van der Waals surface area contributed by atoms with Crippen molar-refractivity contribution < 1.29 is 75.0 Å². The molecule has 14 heavy (non-hydrogen) atoms. The van der Waals surface area contributed by atoms with Crippen molar-refractivity contribution in [3.63, 3.8) is 0 Å². The summed E-state index contributed by atoms with van der Waals surface area (Å²) in [5, 5.41) is 0. The van der Waals surface area contributed by atoms with E-state index in [1.54, 1.807) is 0 Å². The standard InChI is InChI=1S/Na.3H2O3S.H2O/c;3*1-4(2)3;/h;3*(H2,1,2,3);1H2/q+1;;;;/p-1. The van der Waals surface area contributed by atoms with Crippen LogP contribution in [0.2, 0.25) is 0 Å². The van der Waals surface area contributed by atoms with Crippen molar-refractivity contribution in [3.8, 4) is 0 Å². The van der Waals surface area contributed by atoms with Crippen LogP contribution < -0.4 is 29.6 Å². The minimum Gasteiger partial charge on any atom is -0.750 e. The monoisotopic (exact) mass is 286 g/mol. The van der Waals surface area contributed by atoms with Gasteiger partial charge in [-0.05, 0) is 0 Å². The molecule has 7 N–H and O–H groups in total. The van der Waals surface area contributed by atoms with Crippen molar-refractivity contribution in [1.29, 1.82) is 0 Å². The molecule has 0 aliphatic rings. The quantitative estimate of drug-likeness (QED) is 0.213. The van der Waals surface area contributed by atoms with Crippen LogP contribution in [0.15, 0.2) is 0 Å². The summed E-state index contributed by atoms with van der Waals surface area (Å²) in [6, 6.07) is 0. The van der Waals surface area contributed by atoms with Crippen molar-refractivity contribution in [1.82, 2.24) is 0 Å². The zero-order valence-corrected chi connectivity index (χ0v) is 11.0. The third kappa shape index (κ3) is 1420. The van der Waals surface area contributed by atoms with Crippen LogP contribution in [-0.2, 0) is 34.1 Å². The molecule has 0 radical (unpaired) electrons. The summed E-state index contributed by atoms with van der Waals surface area (Å²) in [4.78, 5) is 0. The second-order valence-electron chi connectivity index (χ2n) is 0.679. The summed E-state index contributed by atoms with van der Waals surface area (Å²) >= 11 is -8.08. The summed E-state index contributed by atoms with van der Waals surface area (Å²) in [5.41, 5.74) is 0. The maximum atomic E-state index is 8.67. The predicted octanol–water partition coefficient (Wildman–Crippen LogP) is -5.12. The van der Waals surface area contributed by atoms with Crippen LogP contribution in [0, 0.1) is 0 Å². The molecular formula is H7NaO10S3. The van der Waals surface area contributed by atoms with Crippen LogP contribution in [-0.4, -0.2) is 45.4 Å². The second kappa shape index (κ2) is 23.8. The van der Waals surface area contributed by atoms with E-state index in [2.05, 4.69) is 0 Å². The Balaban J connectivity index is -0.0000000270. The van der Waals surface area contributed by atoms with Crippen LogP contribution in [0.4, 0.5) is 0 Å². The van der Waals surface area contributed by atoms with E-state index in [1.165, 1.54) is 0 Å². The van der Waals surface area contributed by atoms with Gasteiger partial charge in [-0.3, -0.25) is 18.2 Å². The molecule has 0 bridgehead atoms. The summed E-state index contributed by atoms with van der Waals surface area (Å²) in [7, 11) is 0. The van der Waals surface area contributed by atoms with Crippen molar-refractivity contribution in [2.45, 2.75) is 0 Å². The minimum absolute atomic E-state index is 0. The number of hydrogen-bond acceptors (Lipinski definition) is 4. The predicted molar refractivity (Wildman–Crippen MR) is 42.0 cm³/mol. The van der Waals surface area contributed by atoms with Crippen LogP contribution in [0.25, 0.3) is 0 Å². The molecule has 0 fully saturated rings. The van der Waals surface area contributed by atoms with Crippen LogP contribution in [0.5, 0.6) is 0 Å². The van der Waals surface area contributed by atoms with Gasteiger partial charge in [0.05, 0.1) is 11.4 Å². The van der Waals surface area contributed by atoms with Gasteiger partial charge in [0.25, 0.3) is 22.7 Å². The van der Waals surface area contributed by atoms with Gasteiger partial charge in [0.1, 0.15) is 0 Å². The van der Waals surface area contributed by atoms with E-state index in [4.69, 9.17) is 39.9 Å². The maximum absolute atomic E-state index is 8.67. The molecule has 1 unspecified atom stereocenters. The average molecular weight is 286 g/mol. The summed E-state index contributed by atoms with van der Waals surface area (Å²) < 4.78 is 69.8. The first-order valence-corrected chi connectivity index (χ1v) is 4.74. The second-order valence-corrected chi connectivity index (χ2v) is 2.04. The molecule has 0 aliphatic heterocycles. The molecule has 1 atom stereocenters. The molecule has 0 spiro atoms. The Hall–Kier alpha value is 1.17. The molecule has 0 rings (SSSR count). The van der Waals surface area contributed by atoms with Gasteiger partial charge in [-0.15, -0.1) is 0 Å². The Bertz CT molecular complexity index is 113. The summed E-state index contributed by atoms with van der Waals surface area (Å²) in [6.07, 6.45) is 0. The van der Waals surface area contributed by atoms with Crippen molar-refractivity contribution >= 4 is 34.1 Å². The van der Waals surface area contributed by atoms with E-state index < -0.39 is 34.1 Å². The number of rotatable bonds is 0. The first kappa shape index (κ1) is 29.4. The van der Waals surface area contributed by atoms with Gasteiger partial charge in [-0.25, -0.2) is 4.21 Å².